The first-order valence-corrected chi connectivity index (χ1v) is 5.73. The summed E-state index contributed by atoms with van der Waals surface area (Å²) in [7, 11) is 1.44. The summed E-state index contributed by atoms with van der Waals surface area (Å²) in [6.45, 7) is 2.11. The van der Waals surface area contributed by atoms with Crippen molar-refractivity contribution in [1.82, 2.24) is 0 Å². The summed E-state index contributed by atoms with van der Waals surface area (Å²) in [5.41, 5.74) is 2.24. The number of hydrogen-bond acceptors (Lipinski definition) is 2. The number of fused-ring (bicyclic) bond motifs is 1. The Morgan fingerprint density at radius 1 is 1.50 bits per heavy atom. The van der Waals surface area contributed by atoms with Crippen LogP contribution in [0.1, 0.15) is 25.3 Å². The average Bonchev–Trinajstić information content (AvgIpc) is 2.36. The van der Waals surface area contributed by atoms with Crippen LogP contribution in [0.4, 0.5) is 10.5 Å². The Morgan fingerprint density at radius 2 is 2.25 bits per heavy atom. The Balaban J connectivity index is 2.40. The summed E-state index contributed by atoms with van der Waals surface area (Å²) in [5, 5.41) is 0. The van der Waals surface area contributed by atoms with Crippen LogP contribution in [0.5, 0.6) is 0 Å². The molecule has 3 nitrogen and oxygen atoms in total. The molecule has 1 heterocycles. The molecular formula is C13H17NO2. The van der Waals surface area contributed by atoms with Crippen molar-refractivity contribution in [2.24, 2.45) is 0 Å². The van der Waals surface area contributed by atoms with Crippen LogP contribution in [0, 0.1) is 0 Å². The molecule has 1 atom stereocenters. The lowest BCUT2D eigenvalue weighted by atomic mass is 9.95. The number of carbonyl (C=O) groups is 1. The third-order valence-corrected chi connectivity index (χ3v) is 3.21. The summed E-state index contributed by atoms with van der Waals surface area (Å²) in [6, 6.07) is 8.32. The standard InChI is InChI=1S/C13H17NO2/c1-3-11-9-8-10-6-4-5-7-12(10)14(11)13(15)16-2/h4-7,11H,3,8-9H2,1-2H3. The molecule has 0 bridgehead atoms. The van der Waals surface area contributed by atoms with E-state index in [2.05, 4.69) is 13.0 Å². The molecule has 86 valence electrons. The molecule has 1 unspecified atom stereocenters. The Hall–Kier alpha value is -1.51. The minimum absolute atomic E-state index is 0.251. The van der Waals surface area contributed by atoms with Crippen molar-refractivity contribution >= 4 is 11.8 Å². The molecule has 1 amide bonds. The van der Waals surface area contributed by atoms with E-state index in [1.807, 2.05) is 18.2 Å². The summed E-state index contributed by atoms with van der Waals surface area (Å²) in [5.74, 6) is 0. The molecule has 3 heteroatoms. The minimum atomic E-state index is -0.251. The van der Waals surface area contributed by atoms with Crippen molar-refractivity contribution in [3.8, 4) is 0 Å². The van der Waals surface area contributed by atoms with Gasteiger partial charge in [0.25, 0.3) is 0 Å². The van der Waals surface area contributed by atoms with Crippen LogP contribution in [0.2, 0.25) is 0 Å². The number of carbonyl (C=O) groups excluding carboxylic acids is 1. The van der Waals surface area contributed by atoms with E-state index in [-0.39, 0.29) is 12.1 Å². The highest BCUT2D eigenvalue weighted by molar-refractivity contribution is 5.89. The number of rotatable bonds is 1. The first kappa shape index (κ1) is 11.0. The second-order valence-corrected chi connectivity index (χ2v) is 4.07. The van der Waals surface area contributed by atoms with Crippen molar-refractivity contribution in [3.63, 3.8) is 0 Å². The fourth-order valence-corrected chi connectivity index (χ4v) is 2.34. The first-order valence-electron chi connectivity index (χ1n) is 5.73. The zero-order chi connectivity index (χ0) is 11.5. The topological polar surface area (TPSA) is 29.5 Å². The minimum Gasteiger partial charge on any atom is -0.452 e. The van der Waals surface area contributed by atoms with Gasteiger partial charge in [0.1, 0.15) is 0 Å². The molecule has 1 aliphatic rings. The predicted octanol–water partition coefficient (Wildman–Crippen LogP) is 2.98. The fraction of sp³-hybridized carbons (Fsp3) is 0.462. The highest BCUT2D eigenvalue weighted by atomic mass is 16.5. The molecule has 1 aromatic carbocycles. The van der Waals surface area contributed by atoms with Crippen LogP contribution in [0.15, 0.2) is 24.3 Å². The predicted molar refractivity (Wildman–Crippen MR) is 63.7 cm³/mol. The van der Waals surface area contributed by atoms with Gasteiger partial charge in [0.15, 0.2) is 0 Å². The molecule has 0 fully saturated rings. The number of nitrogens with zero attached hydrogens (tertiary/aromatic N) is 1. The number of ether oxygens (including phenoxy) is 1. The van der Waals surface area contributed by atoms with Gasteiger partial charge in [-0.2, -0.15) is 0 Å². The fourth-order valence-electron chi connectivity index (χ4n) is 2.34. The van der Waals surface area contributed by atoms with E-state index in [4.69, 9.17) is 4.74 Å². The van der Waals surface area contributed by atoms with Crippen molar-refractivity contribution in [1.29, 1.82) is 0 Å². The summed E-state index contributed by atoms with van der Waals surface area (Å²) < 4.78 is 4.87. The van der Waals surface area contributed by atoms with E-state index >= 15 is 0 Å². The zero-order valence-corrected chi connectivity index (χ0v) is 9.77. The maximum Gasteiger partial charge on any atom is 0.414 e. The summed E-state index contributed by atoms with van der Waals surface area (Å²) >= 11 is 0. The first-order chi connectivity index (χ1) is 7.77. The van der Waals surface area contributed by atoms with Crippen LogP contribution in [-0.4, -0.2) is 19.2 Å². The average molecular weight is 219 g/mol. The van der Waals surface area contributed by atoms with Gasteiger partial charge in [-0.15, -0.1) is 0 Å². The number of methoxy groups -OCH3 is 1. The monoisotopic (exact) mass is 219 g/mol. The van der Waals surface area contributed by atoms with Gasteiger partial charge >= 0.3 is 6.09 Å². The van der Waals surface area contributed by atoms with E-state index in [1.54, 1.807) is 4.90 Å². The maximum absolute atomic E-state index is 11.8. The van der Waals surface area contributed by atoms with E-state index in [1.165, 1.54) is 12.7 Å². The molecule has 0 spiro atoms. The Bertz CT molecular complexity index is 389. The van der Waals surface area contributed by atoms with E-state index < -0.39 is 0 Å². The molecule has 0 saturated carbocycles. The van der Waals surface area contributed by atoms with Gasteiger partial charge in [0, 0.05) is 6.04 Å². The summed E-state index contributed by atoms with van der Waals surface area (Å²) in [6.07, 6.45) is 2.77. The van der Waals surface area contributed by atoms with Gasteiger partial charge < -0.3 is 4.74 Å². The molecule has 0 aliphatic carbocycles. The Labute approximate surface area is 96.0 Å². The van der Waals surface area contributed by atoms with Crippen molar-refractivity contribution in [3.05, 3.63) is 29.8 Å². The number of para-hydroxylation sites is 1. The second kappa shape index (κ2) is 4.56. The Morgan fingerprint density at radius 3 is 2.94 bits per heavy atom. The van der Waals surface area contributed by atoms with Crippen molar-refractivity contribution in [2.75, 3.05) is 12.0 Å². The van der Waals surface area contributed by atoms with Crippen molar-refractivity contribution in [2.45, 2.75) is 32.2 Å². The Kier molecular flexibility index (Phi) is 3.13. The van der Waals surface area contributed by atoms with E-state index in [0.717, 1.165) is 24.9 Å². The SMILES string of the molecule is CCC1CCc2ccccc2N1C(=O)OC. The summed E-state index contributed by atoms with van der Waals surface area (Å²) in [4.78, 5) is 13.6. The van der Waals surface area contributed by atoms with Gasteiger partial charge in [-0.25, -0.2) is 4.79 Å². The molecule has 1 aliphatic heterocycles. The lowest BCUT2D eigenvalue weighted by molar-refractivity contribution is 0.174. The van der Waals surface area contributed by atoms with Crippen molar-refractivity contribution < 1.29 is 9.53 Å². The highest BCUT2D eigenvalue weighted by Crippen LogP contribution is 2.32. The number of benzene rings is 1. The van der Waals surface area contributed by atoms with Gasteiger partial charge in [0.05, 0.1) is 12.8 Å². The van der Waals surface area contributed by atoms with E-state index in [0.29, 0.717) is 0 Å². The number of amides is 1. The second-order valence-electron chi connectivity index (χ2n) is 4.07. The van der Waals surface area contributed by atoms with Crippen LogP contribution >= 0.6 is 0 Å². The molecule has 2 rings (SSSR count). The molecular weight excluding hydrogens is 202 g/mol. The lowest BCUT2D eigenvalue weighted by Crippen LogP contribution is -2.43. The molecule has 16 heavy (non-hydrogen) atoms. The van der Waals surface area contributed by atoms with Gasteiger partial charge in [-0.05, 0) is 30.9 Å². The van der Waals surface area contributed by atoms with E-state index in [9.17, 15) is 4.79 Å². The molecule has 0 radical (unpaired) electrons. The van der Waals surface area contributed by atoms with Gasteiger partial charge in [-0.1, -0.05) is 25.1 Å². The van der Waals surface area contributed by atoms with Gasteiger partial charge in [0.2, 0.25) is 0 Å². The number of hydrogen-bond donors (Lipinski definition) is 0. The quantitative estimate of drug-likeness (QED) is 0.726. The largest absolute Gasteiger partial charge is 0.452 e. The third-order valence-electron chi connectivity index (χ3n) is 3.21. The molecule has 0 aromatic heterocycles. The third kappa shape index (κ3) is 1.77. The van der Waals surface area contributed by atoms with Crippen LogP contribution in [-0.2, 0) is 11.2 Å². The molecule has 0 saturated heterocycles. The van der Waals surface area contributed by atoms with Gasteiger partial charge in [-0.3, -0.25) is 4.90 Å². The van der Waals surface area contributed by atoms with Crippen LogP contribution in [0.3, 0.4) is 0 Å². The van der Waals surface area contributed by atoms with Crippen LogP contribution in [0.25, 0.3) is 0 Å². The molecule has 0 N–H and O–H groups in total. The number of aryl methyl sites for hydroxylation is 1. The highest BCUT2D eigenvalue weighted by Gasteiger charge is 2.30. The smallest absolute Gasteiger partial charge is 0.414 e. The lowest BCUT2D eigenvalue weighted by Gasteiger charge is -2.35. The molecule has 1 aromatic rings. The number of anilines is 1. The van der Waals surface area contributed by atoms with Crippen LogP contribution < -0.4 is 4.90 Å². The maximum atomic E-state index is 11.8. The normalized spacial score (nSPS) is 19.1. The zero-order valence-electron chi connectivity index (χ0n) is 9.77.